The summed E-state index contributed by atoms with van der Waals surface area (Å²) < 4.78 is 76.4. The smallest absolute Gasteiger partial charge is 0.322 e. The van der Waals surface area contributed by atoms with Gasteiger partial charge in [0.25, 0.3) is 0 Å². The van der Waals surface area contributed by atoms with Crippen LogP contribution in [0, 0.1) is 0 Å². The van der Waals surface area contributed by atoms with Gasteiger partial charge in [0.15, 0.2) is 0 Å². The molecule has 2 nitrogen and oxygen atoms in total. The SMILES string of the molecule is O=c1cc(C(F)(F)F)cc(-c2ccccc2C(F)(F)F)[nH]1. The van der Waals surface area contributed by atoms with Gasteiger partial charge in [-0.3, -0.25) is 4.79 Å². The highest BCUT2D eigenvalue weighted by Crippen LogP contribution is 2.37. The molecule has 0 aliphatic heterocycles. The van der Waals surface area contributed by atoms with Crippen molar-refractivity contribution in [3.8, 4) is 11.3 Å². The second-order valence-electron chi connectivity index (χ2n) is 4.19. The third kappa shape index (κ3) is 3.26. The molecule has 0 atom stereocenters. The van der Waals surface area contributed by atoms with Crippen LogP contribution in [-0.4, -0.2) is 4.98 Å². The van der Waals surface area contributed by atoms with E-state index in [1.54, 1.807) is 0 Å². The van der Waals surface area contributed by atoms with Gasteiger partial charge in [-0.05, 0) is 12.1 Å². The molecule has 0 saturated carbocycles. The number of rotatable bonds is 1. The number of benzene rings is 1. The van der Waals surface area contributed by atoms with Crippen molar-refractivity contribution in [2.75, 3.05) is 0 Å². The summed E-state index contributed by atoms with van der Waals surface area (Å²) in [5.74, 6) is 0. The maximum atomic E-state index is 12.9. The maximum absolute atomic E-state index is 12.9. The van der Waals surface area contributed by atoms with Crippen LogP contribution in [0.4, 0.5) is 26.3 Å². The largest absolute Gasteiger partial charge is 0.417 e. The van der Waals surface area contributed by atoms with E-state index in [-0.39, 0.29) is 0 Å². The molecule has 0 aliphatic carbocycles. The first kappa shape index (κ1) is 15.1. The lowest BCUT2D eigenvalue weighted by molar-refractivity contribution is -0.137. The lowest BCUT2D eigenvalue weighted by Crippen LogP contribution is -2.15. The number of alkyl halides is 6. The summed E-state index contributed by atoms with van der Waals surface area (Å²) in [5, 5.41) is 0. The molecule has 2 rings (SSSR count). The third-order valence-corrected chi connectivity index (χ3v) is 2.69. The van der Waals surface area contributed by atoms with Crippen LogP contribution in [0.2, 0.25) is 0 Å². The Bertz CT molecular complexity index is 714. The molecule has 0 unspecified atom stereocenters. The molecule has 0 radical (unpaired) electrons. The number of aromatic nitrogens is 1. The molecule has 8 heteroatoms. The molecular formula is C13H7F6NO. The summed E-state index contributed by atoms with van der Waals surface area (Å²) >= 11 is 0. The molecule has 0 fully saturated rings. The van der Waals surface area contributed by atoms with Crippen molar-refractivity contribution in [3.63, 3.8) is 0 Å². The van der Waals surface area contributed by atoms with Gasteiger partial charge in [-0.25, -0.2) is 0 Å². The van der Waals surface area contributed by atoms with Crippen molar-refractivity contribution in [3.05, 3.63) is 57.9 Å². The van der Waals surface area contributed by atoms with Crippen molar-refractivity contribution in [1.82, 2.24) is 4.98 Å². The summed E-state index contributed by atoms with van der Waals surface area (Å²) in [4.78, 5) is 13.2. The van der Waals surface area contributed by atoms with Gasteiger partial charge in [0.1, 0.15) is 0 Å². The normalized spacial score (nSPS) is 12.5. The van der Waals surface area contributed by atoms with E-state index in [4.69, 9.17) is 0 Å². The quantitative estimate of drug-likeness (QED) is 0.791. The van der Waals surface area contributed by atoms with E-state index in [2.05, 4.69) is 0 Å². The van der Waals surface area contributed by atoms with Crippen molar-refractivity contribution in [1.29, 1.82) is 0 Å². The molecule has 0 amide bonds. The topological polar surface area (TPSA) is 32.9 Å². The van der Waals surface area contributed by atoms with Gasteiger partial charge in [-0.15, -0.1) is 0 Å². The summed E-state index contributed by atoms with van der Waals surface area (Å²) in [7, 11) is 0. The van der Waals surface area contributed by atoms with Crippen molar-refractivity contribution in [2.45, 2.75) is 12.4 Å². The highest BCUT2D eigenvalue weighted by molar-refractivity contribution is 5.65. The lowest BCUT2D eigenvalue weighted by atomic mass is 10.0. The van der Waals surface area contributed by atoms with E-state index >= 15 is 0 Å². The van der Waals surface area contributed by atoms with Crippen molar-refractivity contribution >= 4 is 0 Å². The number of hydrogen-bond acceptors (Lipinski definition) is 1. The van der Waals surface area contributed by atoms with Crippen LogP contribution in [0.5, 0.6) is 0 Å². The number of H-pyrrole nitrogens is 1. The third-order valence-electron chi connectivity index (χ3n) is 2.69. The Labute approximate surface area is 114 Å². The van der Waals surface area contributed by atoms with Crippen LogP contribution in [0.25, 0.3) is 11.3 Å². The summed E-state index contributed by atoms with van der Waals surface area (Å²) in [6, 6.07) is 4.84. The number of aromatic amines is 1. The predicted octanol–water partition coefficient (Wildman–Crippen LogP) is 4.08. The molecular weight excluding hydrogens is 300 g/mol. The number of hydrogen-bond donors (Lipinski definition) is 1. The lowest BCUT2D eigenvalue weighted by Gasteiger charge is -2.14. The van der Waals surface area contributed by atoms with Gasteiger partial charge in [0.2, 0.25) is 5.56 Å². The van der Waals surface area contributed by atoms with Gasteiger partial charge in [-0.1, -0.05) is 18.2 Å². The van der Waals surface area contributed by atoms with Gasteiger partial charge >= 0.3 is 12.4 Å². The molecule has 1 aromatic heterocycles. The van der Waals surface area contributed by atoms with E-state index in [1.165, 1.54) is 6.07 Å². The molecule has 0 saturated heterocycles. The van der Waals surface area contributed by atoms with Crippen LogP contribution < -0.4 is 5.56 Å². The Morgan fingerprint density at radius 1 is 0.857 bits per heavy atom. The van der Waals surface area contributed by atoms with E-state index in [1.807, 2.05) is 4.98 Å². The first-order chi connectivity index (χ1) is 9.59. The Morgan fingerprint density at radius 3 is 2.05 bits per heavy atom. The molecule has 1 aromatic carbocycles. The molecule has 2 aromatic rings. The van der Waals surface area contributed by atoms with E-state index < -0.39 is 40.3 Å². The van der Waals surface area contributed by atoms with Gasteiger partial charge in [0, 0.05) is 17.3 Å². The van der Waals surface area contributed by atoms with Crippen molar-refractivity contribution in [2.24, 2.45) is 0 Å². The summed E-state index contributed by atoms with van der Waals surface area (Å²) in [6.45, 7) is 0. The fraction of sp³-hybridized carbons (Fsp3) is 0.154. The Balaban J connectivity index is 2.69. The van der Waals surface area contributed by atoms with Gasteiger partial charge in [0.05, 0.1) is 11.1 Å². The van der Waals surface area contributed by atoms with Crippen LogP contribution >= 0.6 is 0 Å². The molecule has 0 spiro atoms. The maximum Gasteiger partial charge on any atom is 0.417 e. The molecule has 1 heterocycles. The monoisotopic (exact) mass is 307 g/mol. The van der Waals surface area contributed by atoms with E-state index in [9.17, 15) is 31.1 Å². The standard InChI is InChI=1S/C13H7F6NO/c14-12(15,16)7-5-10(20-11(21)6-7)8-3-1-2-4-9(8)13(17,18)19/h1-6H,(H,20,21). The van der Waals surface area contributed by atoms with Gasteiger partial charge in [-0.2, -0.15) is 26.3 Å². The average molecular weight is 307 g/mol. The minimum absolute atomic E-state index is 0.291. The fourth-order valence-corrected chi connectivity index (χ4v) is 1.82. The minimum Gasteiger partial charge on any atom is -0.322 e. The first-order valence-electron chi connectivity index (χ1n) is 5.57. The number of halogens is 6. The van der Waals surface area contributed by atoms with Crippen molar-refractivity contribution < 1.29 is 26.3 Å². The zero-order valence-electron chi connectivity index (χ0n) is 10.1. The van der Waals surface area contributed by atoms with E-state index in [0.717, 1.165) is 18.2 Å². The van der Waals surface area contributed by atoms with Crippen LogP contribution in [-0.2, 0) is 12.4 Å². The molecule has 21 heavy (non-hydrogen) atoms. The fourth-order valence-electron chi connectivity index (χ4n) is 1.82. The predicted molar refractivity (Wildman–Crippen MR) is 62.5 cm³/mol. The zero-order valence-corrected chi connectivity index (χ0v) is 10.1. The first-order valence-corrected chi connectivity index (χ1v) is 5.57. The Hall–Kier alpha value is -2.25. The zero-order chi connectivity index (χ0) is 15.8. The number of pyridine rings is 1. The molecule has 0 aliphatic rings. The van der Waals surface area contributed by atoms with Crippen LogP contribution in [0.1, 0.15) is 11.1 Å². The van der Waals surface area contributed by atoms with Crippen LogP contribution in [0.3, 0.4) is 0 Å². The molecule has 0 bridgehead atoms. The summed E-state index contributed by atoms with van der Waals surface area (Å²) in [5.41, 5.74) is -4.62. The van der Waals surface area contributed by atoms with E-state index in [0.29, 0.717) is 12.1 Å². The summed E-state index contributed by atoms with van der Waals surface area (Å²) in [6.07, 6.45) is -9.57. The molecule has 112 valence electrons. The average Bonchev–Trinajstić information content (AvgIpc) is 2.36. The Morgan fingerprint density at radius 2 is 1.48 bits per heavy atom. The highest BCUT2D eigenvalue weighted by Gasteiger charge is 2.35. The van der Waals surface area contributed by atoms with Crippen LogP contribution in [0.15, 0.2) is 41.2 Å². The van der Waals surface area contributed by atoms with Gasteiger partial charge < -0.3 is 4.98 Å². The second kappa shape index (κ2) is 4.94. The Kier molecular flexibility index (Phi) is 3.56. The minimum atomic E-state index is -4.82. The molecule has 1 N–H and O–H groups in total. The number of nitrogens with one attached hydrogen (secondary N) is 1. The second-order valence-corrected chi connectivity index (χ2v) is 4.19. The highest BCUT2D eigenvalue weighted by atomic mass is 19.4.